The number of aromatic hydroxyl groups is 1. The van der Waals surface area contributed by atoms with Crippen LogP contribution in [0.1, 0.15) is 37.0 Å². The zero-order valence-corrected chi connectivity index (χ0v) is 17.3. The van der Waals surface area contributed by atoms with Crippen molar-refractivity contribution in [3.05, 3.63) is 44.5 Å². The van der Waals surface area contributed by atoms with E-state index in [1.165, 1.54) is 24.1 Å². The van der Waals surface area contributed by atoms with Crippen LogP contribution >= 0.6 is 0 Å². The molecule has 1 aromatic heterocycles. The number of carbonyl (C=O) groups is 1. The molecule has 1 aromatic carbocycles. The highest BCUT2D eigenvalue weighted by Crippen LogP contribution is 2.49. The van der Waals surface area contributed by atoms with Gasteiger partial charge in [-0.25, -0.2) is 0 Å². The van der Waals surface area contributed by atoms with Gasteiger partial charge >= 0.3 is 0 Å². The van der Waals surface area contributed by atoms with Crippen molar-refractivity contribution in [1.82, 2.24) is 14.7 Å². The molecule has 9 nitrogen and oxygen atoms in total. The van der Waals surface area contributed by atoms with Crippen LogP contribution in [0.5, 0.6) is 5.75 Å². The van der Waals surface area contributed by atoms with Crippen LogP contribution in [-0.4, -0.2) is 45.8 Å². The largest absolute Gasteiger partial charge is 0.505 e. The number of nitrogens with zero attached hydrogens (tertiary/aromatic N) is 2. The van der Waals surface area contributed by atoms with Gasteiger partial charge in [-0.1, -0.05) is 13.0 Å². The van der Waals surface area contributed by atoms with Crippen molar-refractivity contribution in [2.75, 3.05) is 24.7 Å². The highest BCUT2D eigenvalue weighted by Gasteiger charge is 2.43. The normalized spacial score (nSPS) is 15.5. The number of rotatable bonds is 6. The number of benzene rings is 1. The summed E-state index contributed by atoms with van der Waals surface area (Å²) in [6, 6.07) is 4.60. The van der Waals surface area contributed by atoms with Gasteiger partial charge in [-0.2, -0.15) is 0 Å². The van der Waals surface area contributed by atoms with Crippen molar-refractivity contribution in [2.24, 2.45) is 12.5 Å². The molecule has 1 atom stereocenters. The minimum absolute atomic E-state index is 0.00560. The van der Waals surface area contributed by atoms with Crippen molar-refractivity contribution < 1.29 is 9.90 Å². The fourth-order valence-electron chi connectivity index (χ4n) is 3.11. The monoisotopic (exact) mass is 401 g/mol. The van der Waals surface area contributed by atoms with E-state index < -0.39 is 11.1 Å². The molecule has 9 heteroatoms. The lowest BCUT2D eigenvalue weighted by Gasteiger charge is -2.23. The topological polar surface area (TPSA) is 119 Å². The third-order valence-electron chi connectivity index (χ3n) is 5.64. The van der Waals surface area contributed by atoms with Gasteiger partial charge in [-0.15, -0.1) is 0 Å². The molecule has 0 spiro atoms. The van der Waals surface area contributed by atoms with Crippen LogP contribution in [0.2, 0.25) is 0 Å². The molecule has 156 valence electrons. The van der Waals surface area contributed by atoms with Crippen LogP contribution in [-0.2, 0) is 7.05 Å². The molecule has 4 N–H and O–H groups in total. The van der Waals surface area contributed by atoms with Gasteiger partial charge < -0.3 is 20.6 Å². The number of phenols is 1. The van der Waals surface area contributed by atoms with E-state index in [0.717, 1.165) is 17.5 Å². The molecule has 1 aliphatic rings. The van der Waals surface area contributed by atoms with E-state index in [-0.39, 0.29) is 45.7 Å². The van der Waals surface area contributed by atoms with Gasteiger partial charge in [0.05, 0.1) is 11.3 Å². The second-order valence-corrected chi connectivity index (χ2v) is 8.10. The molecule has 1 fully saturated rings. The number of carbonyl (C=O) groups excluding carboxylic acids is 1. The Labute approximate surface area is 168 Å². The number of aromatic nitrogens is 2. The second-order valence-electron chi connectivity index (χ2n) is 8.10. The molecule has 0 bridgehead atoms. The van der Waals surface area contributed by atoms with Crippen LogP contribution in [0.4, 0.5) is 17.1 Å². The van der Waals surface area contributed by atoms with Crippen molar-refractivity contribution in [1.29, 1.82) is 0 Å². The summed E-state index contributed by atoms with van der Waals surface area (Å²) in [5.74, 6) is -0.669. The second kappa shape index (κ2) is 7.31. The van der Waals surface area contributed by atoms with E-state index in [1.54, 1.807) is 20.2 Å². The summed E-state index contributed by atoms with van der Waals surface area (Å²) in [6.07, 6.45) is 2.09. The Hall–Kier alpha value is -3.23. The summed E-state index contributed by atoms with van der Waals surface area (Å²) in [6.45, 7) is 4.10. The van der Waals surface area contributed by atoms with Gasteiger partial charge in [0.15, 0.2) is 5.75 Å². The maximum atomic E-state index is 12.7. The summed E-state index contributed by atoms with van der Waals surface area (Å²) in [7, 11) is 4.63. The fraction of sp³-hybridized carbons (Fsp3) is 0.450. The average molecular weight is 401 g/mol. The number of anilines is 3. The summed E-state index contributed by atoms with van der Waals surface area (Å²) in [5, 5.41) is 19.1. The lowest BCUT2D eigenvalue weighted by molar-refractivity contribution is 0.0824. The first-order valence-corrected chi connectivity index (χ1v) is 9.45. The summed E-state index contributed by atoms with van der Waals surface area (Å²) < 4.78 is 1.11. The lowest BCUT2D eigenvalue weighted by Crippen LogP contribution is -2.36. The van der Waals surface area contributed by atoms with Gasteiger partial charge in [0.2, 0.25) is 0 Å². The number of H-pyrrole nitrogens is 1. The number of hydrogen-bond acceptors (Lipinski definition) is 6. The Balaban J connectivity index is 2.05. The predicted octanol–water partition coefficient (Wildman–Crippen LogP) is 1.83. The molecule has 3 rings (SSSR count). The van der Waals surface area contributed by atoms with Crippen molar-refractivity contribution in [3.8, 4) is 5.75 Å². The average Bonchev–Trinajstić information content (AvgIpc) is 3.42. The SMILES string of the molecule is C[C@H](Nc1c(Nc2cccc(C(=O)N(C)C)c2O)c(=O)[nH]n(C)c1=O)C1(C)CC1. The Bertz CT molecular complexity index is 1070. The number of aromatic amines is 1. The molecule has 29 heavy (non-hydrogen) atoms. The zero-order valence-electron chi connectivity index (χ0n) is 17.3. The van der Waals surface area contributed by atoms with E-state index in [9.17, 15) is 19.5 Å². The van der Waals surface area contributed by atoms with Crippen LogP contribution in [0, 0.1) is 5.41 Å². The van der Waals surface area contributed by atoms with Gasteiger partial charge in [-0.3, -0.25) is 24.2 Å². The van der Waals surface area contributed by atoms with E-state index in [0.29, 0.717) is 0 Å². The number of hydrogen-bond donors (Lipinski definition) is 4. The molecule has 2 aromatic rings. The number of phenolic OH excluding ortho intramolecular Hbond substituents is 1. The number of aryl methyl sites for hydroxylation is 1. The Kier molecular flexibility index (Phi) is 5.16. The van der Waals surface area contributed by atoms with Crippen molar-refractivity contribution in [2.45, 2.75) is 32.7 Å². The zero-order chi connectivity index (χ0) is 21.5. The molecule has 1 heterocycles. The molecule has 0 unspecified atom stereocenters. The molecule has 0 saturated heterocycles. The molecule has 1 aliphatic carbocycles. The first-order chi connectivity index (χ1) is 13.5. The smallest absolute Gasteiger partial charge is 0.290 e. The van der Waals surface area contributed by atoms with E-state index in [2.05, 4.69) is 22.7 Å². The standard InChI is InChI=1S/C20H27N5O4/c1-11(20(2)9-10-20)21-15-14(17(27)23-25(5)19(15)29)22-13-8-6-7-12(16(13)26)18(28)24(3)4/h6-8,11,21-22,26H,9-10H2,1-5H3,(H,23,27)/t11-/m0/s1. The maximum Gasteiger partial charge on any atom is 0.290 e. The minimum atomic E-state index is -0.522. The Morgan fingerprint density at radius 1 is 1.28 bits per heavy atom. The minimum Gasteiger partial charge on any atom is -0.505 e. The Morgan fingerprint density at radius 2 is 1.93 bits per heavy atom. The maximum absolute atomic E-state index is 12.7. The molecular formula is C20H27N5O4. The van der Waals surface area contributed by atoms with Crippen LogP contribution in [0.25, 0.3) is 0 Å². The van der Waals surface area contributed by atoms with E-state index in [4.69, 9.17) is 0 Å². The molecule has 0 aliphatic heterocycles. The van der Waals surface area contributed by atoms with Crippen LogP contribution in [0.3, 0.4) is 0 Å². The van der Waals surface area contributed by atoms with Crippen molar-refractivity contribution in [3.63, 3.8) is 0 Å². The van der Waals surface area contributed by atoms with Gasteiger partial charge in [0.25, 0.3) is 17.0 Å². The lowest BCUT2D eigenvalue weighted by atomic mass is 10.0. The number of para-hydroxylation sites is 1. The van der Waals surface area contributed by atoms with Crippen LogP contribution < -0.4 is 21.8 Å². The highest BCUT2D eigenvalue weighted by molar-refractivity contribution is 5.98. The number of amides is 1. The molecule has 1 amide bonds. The fourth-order valence-corrected chi connectivity index (χ4v) is 3.11. The van der Waals surface area contributed by atoms with E-state index in [1.807, 2.05) is 6.92 Å². The van der Waals surface area contributed by atoms with Crippen LogP contribution in [0.15, 0.2) is 27.8 Å². The summed E-state index contributed by atoms with van der Waals surface area (Å²) >= 11 is 0. The van der Waals surface area contributed by atoms with Gasteiger partial charge in [0.1, 0.15) is 11.4 Å². The van der Waals surface area contributed by atoms with E-state index >= 15 is 0 Å². The quantitative estimate of drug-likeness (QED) is 0.548. The molecule has 1 saturated carbocycles. The molecular weight excluding hydrogens is 374 g/mol. The first kappa shape index (κ1) is 20.5. The molecule has 0 radical (unpaired) electrons. The first-order valence-electron chi connectivity index (χ1n) is 9.45. The van der Waals surface area contributed by atoms with Gasteiger partial charge in [-0.05, 0) is 37.3 Å². The Morgan fingerprint density at radius 3 is 2.52 bits per heavy atom. The third-order valence-corrected chi connectivity index (χ3v) is 5.64. The van der Waals surface area contributed by atoms with Gasteiger partial charge in [0, 0.05) is 27.2 Å². The number of nitrogens with one attached hydrogen (secondary N) is 3. The third kappa shape index (κ3) is 3.85. The summed E-state index contributed by atoms with van der Waals surface area (Å²) in [4.78, 5) is 39.0. The predicted molar refractivity (Wildman–Crippen MR) is 112 cm³/mol. The van der Waals surface area contributed by atoms with Crippen molar-refractivity contribution >= 4 is 23.0 Å². The highest BCUT2D eigenvalue weighted by atomic mass is 16.3. The summed E-state index contributed by atoms with van der Waals surface area (Å²) in [5.41, 5.74) is -0.479.